The number of hydrogen-bond donors (Lipinski definition) is 3. The number of carbonyl (C=O) groups is 2. The summed E-state index contributed by atoms with van der Waals surface area (Å²) in [5.41, 5.74) is 2.50. The van der Waals surface area contributed by atoms with Crippen LogP contribution in [0.3, 0.4) is 0 Å². The molecule has 0 saturated heterocycles. The van der Waals surface area contributed by atoms with Crippen LogP contribution in [0.2, 0.25) is 0 Å². The lowest BCUT2D eigenvalue weighted by molar-refractivity contribution is -0.124. The summed E-state index contributed by atoms with van der Waals surface area (Å²) in [6.45, 7) is 5.69. The van der Waals surface area contributed by atoms with Crippen LogP contribution in [0.4, 0.5) is 10.5 Å². The summed E-state index contributed by atoms with van der Waals surface area (Å²) in [7, 11) is 0. The predicted octanol–water partition coefficient (Wildman–Crippen LogP) is 3.29. The molecule has 156 valence electrons. The van der Waals surface area contributed by atoms with Crippen molar-refractivity contribution >= 4 is 17.6 Å². The number of hydrogen-bond acceptors (Lipinski definition) is 4. The van der Waals surface area contributed by atoms with Crippen molar-refractivity contribution < 1.29 is 9.59 Å². The third-order valence-electron chi connectivity index (χ3n) is 4.70. The van der Waals surface area contributed by atoms with Gasteiger partial charge in [-0.2, -0.15) is 5.10 Å². The van der Waals surface area contributed by atoms with Gasteiger partial charge in [-0.15, -0.1) is 0 Å². The summed E-state index contributed by atoms with van der Waals surface area (Å²) < 4.78 is 1.66. The number of nitrogens with one attached hydrogen (secondary N) is 3. The highest BCUT2D eigenvalue weighted by Gasteiger charge is 2.25. The number of amides is 3. The van der Waals surface area contributed by atoms with Crippen molar-refractivity contribution in [2.24, 2.45) is 5.92 Å². The van der Waals surface area contributed by atoms with Crippen LogP contribution in [0.25, 0.3) is 5.69 Å². The standard InChI is InChI=1S/C22H26N6O2/c1-15(2)20(27-22(30)26-18-7-5-4-6-8-18)21(29)25-16(3)17-9-11-19(12-10-17)28-14-23-13-24-28/h4-16,20H,1-3H3,(H,25,29)(H2,26,27,30)/t16-,20-/m1/s1. The monoisotopic (exact) mass is 406 g/mol. The first-order chi connectivity index (χ1) is 14.4. The van der Waals surface area contributed by atoms with Crippen molar-refractivity contribution in [3.8, 4) is 5.69 Å². The molecule has 0 radical (unpaired) electrons. The van der Waals surface area contributed by atoms with E-state index in [1.807, 2.05) is 63.2 Å². The van der Waals surface area contributed by atoms with Gasteiger partial charge in [0.05, 0.1) is 11.7 Å². The Bertz CT molecular complexity index is 955. The first kappa shape index (κ1) is 21.0. The van der Waals surface area contributed by atoms with Gasteiger partial charge in [-0.3, -0.25) is 4.79 Å². The smallest absolute Gasteiger partial charge is 0.319 e. The molecule has 1 heterocycles. The molecule has 0 bridgehead atoms. The third kappa shape index (κ3) is 5.44. The van der Waals surface area contributed by atoms with Crippen LogP contribution >= 0.6 is 0 Å². The van der Waals surface area contributed by atoms with Gasteiger partial charge in [0.15, 0.2) is 0 Å². The van der Waals surface area contributed by atoms with Gasteiger partial charge in [0.2, 0.25) is 5.91 Å². The Balaban J connectivity index is 1.60. The molecule has 3 aromatic rings. The minimum atomic E-state index is -0.661. The Labute approximate surface area is 175 Å². The molecule has 2 aromatic carbocycles. The summed E-state index contributed by atoms with van der Waals surface area (Å²) in [5, 5.41) is 12.6. The fourth-order valence-corrected chi connectivity index (χ4v) is 3.01. The highest BCUT2D eigenvalue weighted by molar-refractivity contribution is 5.93. The Hall–Kier alpha value is -3.68. The quantitative estimate of drug-likeness (QED) is 0.560. The molecule has 2 atom stereocenters. The molecule has 30 heavy (non-hydrogen) atoms. The van der Waals surface area contributed by atoms with E-state index in [1.54, 1.807) is 23.1 Å². The normalized spacial score (nSPS) is 12.8. The third-order valence-corrected chi connectivity index (χ3v) is 4.70. The van der Waals surface area contributed by atoms with Gasteiger partial charge in [0.1, 0.15) is 18.7 Å². The minimum Gasteiger partial charge on any atom is -0.348 e. The van der Waals surface area contributed by atoms with Crippen molar-refractivity contribution in [3.05, 3.63) is 72.8 Å². The summed E-state index contributed by atoms with van der Waals surface area (Å²) in [4.78, 5) is 29.1. The first-order valence-electron chi connectivity index (χ1n) is 9.82. The second kappa shape index (κ2) is 9.69. The molecule has 0 spiro atoms. The van der Waals surface area contributed by atoms with E-state index in [0.29, 0.717) is 5.69 Å². The molecular formula is C22H26N6O2. The zero-order chi connectivity index (χ0) is 21.5. The number of urea groups is 1. The molecule has 3 amide bonds. The molecule has 1 aromatic heterocycles. The zero-order valence-electron chi connectivity index (χ0n) is 17.2. The Morgan fingerprint density at radius 1 is 0.933 bits per heavy atom. The Morgan fingerprint density at radius 3 is 2.23 bits per heavy atom. The summed E-state index contributed by atoms with van der Waals surface area (Å²) in [6, 6.07) is 15.5. The fourth-order valence-electron chi connectivity index (χ4n) is 3.01. The van der Waals surface area contributed by atoms with Gasteiger partial charge in [-0.1, -0.05) is 44.2 Å². The van der Waals surface area contributed by atoms with Crippen LogP contribution < -0.4 is 16.0 Å². The van der Waals surface area contributed by atoms with Crippen molar-refractivity contribution in [1.82, 2.24) is 25.4 Å². The molecule has 0 saturated carbocycles. The van der Waals surface area contributed by atoms with Gasteiger partial charge in [0.25, 0.3) is 0 Å². The molecule has 0 aliphatic carbocycles. The molecule has 3 rings (SSSR count). The molecule has 0 unspecified atom stereocenters. The molecule has 0 aliphatic rings. The summed E-state index contributed by atoms with van der Waals surface area (Å²) in [5.74, 6) is -0.311. The number of carbonyl (C=O) groups excluding carboxylic acids is 2. The van der Waals surface area contributed by atoms with Gasteiger partial charge in [-0.25, -0.2) is 14.5 Å². The zero-order valence-corrected chi connectivity index (χ0v) is 17.2. The van der Waals surface area contributed by atoms with Crippen molar-refractivity contribution in [2.75, 3.05) is 5.32 Å². The molecule has 0 aliphatic heterocycles. The van der Waals surface area contributed by atoms with Gasteiger partial charge >= 0.3 is 6.03 Å². The predicted molar refractivity (Wildman–Crippen MR) is 115 cm³/mol. The van der Waals surface area contributed by atoms with Crippen molar-refractivity contribution in [3.63, 3.8) is 0 Å². The van der Waals surface area contributed by atoms with Crippen molar-refractivity contribution in [2.45, 2.75) is 32.9 Å². The average molecular weight is 406 g/mol. The lowest BCUT2D eigenvalue weighted by atomic mass is 10.0. The summed E-state index contributed by atoms with van der Waals surface area (Å²) >= 11 is 0. The molecule has 0 fully saturated rings. The second-order valence-corrected chi connectivity index (χ2v) is 7.35. The molecule has 8 nitrogen and oxygen atoms in total. The van der Waals surface area contributed by atoms with E-state index < -0.39 is 12.1 Å². The lowest BCUT2D eigenvalue weighted by Crippen LogP contribution is -2.51. The average Bonchev–Trinajstić information content (AvgIpc) is 3.27. The Kier molecular flexibility index (Phi) is 6.79. The van der Waals surface area contributed by atoms with E-state index in [1.165, 1.54) is 6.33 Å². The van der Waals surface area contributed by atoms with Crippen LogP contribution in [-0.4, -0.2) is 32.7 Å². The number of rotatable bonds is 7. The minimum absolute atomic E-state index is 0.0755. The van der Waals surface area contributed by atoms with Crippen LogP contribution in [0.5, 0.6) is 0 Å². The van der Waals surface area contributed by atoms with E-state index in [2.05, 4.69) is 26.0 Å². The lowest BCUT2D eigenvalue weighted by Gasteiger charge is -2.24. The van der Waals surface area contributed by atoms with E-state index in [-0.39, 0.29) is 17.9 Å². The van der Waals surface area contributed by atoms with Gasteiger partial charge in [-0.05, 0) is 42.7 Å². The first-order valence-corrected chi connectivity index (χ1v) is 9.82. The highest BCUT2D eigenvalue weighted by Crippen LogP contribution is 2.16. The van der Waals surface area contributed by atoms with Crippen LogP contribution in [0.1, 0.15) is 32.4 Å². The van der Waals surface area contributed by atoms with E-state index in [9.17, 15) is 9.59 Å². The van der Waals surface area contributed by atoms with Crippen LogP contribution in [0, 0.1) is 5.92 Å². The maximum atomic E-state index is 12.8. The molecule has 8 heteroatoms. The number of para-hydroxylation sites is 1. The topological polar surface area (TPSA) is 101 Å². The number of benzene rings is 2. The van der Waals surface area contributed by atoms with Gasteiger partial charge in [0, 0.05) is 5.69 Å². The SMILES string of the molecule is CC(C)[C@@H](NC(=O)Nc1ccccc1)C(=O)N[C@H](C)c1ccc(-n2cncn2)cc1. The van der Waals surface area contributed by atoms with E-state index in [0.717, 1.165) is 11.3 Å². The van der Waals surface area contributed by atoms with Crippen LogP contribution in [0.15, 0.2) is 67.3 Å². The van der Waals surface area contributed by atoms with Gasteiger partial charge < -0.3 is 16.0 Å². The largest absolute Gasteiger partial charge is 0.348 e. The van der Waals surface area contributed by atoms with E-state index >= 15 is 0 Å². The number of aromatic nitrogens is 3. The highest BCUT2D eigenvalue weighted by atomic mass is 16.2. The Morgan fingerprint density at radius 2 is 1.63 bits per heavy atom. The van der Waals surface area contributed by atoms with Crippen LogP contribution in [-0.2, 0) is 4.79 Å². The van der Waals surface area contributed by atoms with E-state index in [4.69, 9.17) is 0 Å². The van der Waals surface area contributed by atoms with Crippen molar-refractivity contribution in [1.29, 1.82) is 0 Å². The molecule has 3 N–H and O–H groups in total. The maximum absolute atomic E-state index is 12.8. The second-order valence-electron chi connectivity index (χ2n) is 7.35. The maximum Gasteiger partial charge on any atom is 0.319 e. The number of anilines is 1. The molecular weight excluding hydrogens is 380 g/mol. The number of nitrogens with zero attached hydrogens (tertiary/aromatic N) is 3. The summed E-state index contributed by atoms with van der Waals surface area (Å²) in [6.07, 6.45) is 3.10. The fraction of sp³-hybridized carbons (Fsp3) is 0.273.